The summed E-state index contributed by atoms with van der Waals surface area (Å²) in [6, 6.07) is 6.30. The topological polar surface area (TPSA) is 93.1 Å². The molecule has 2 rings (SSSR count). The molecule has 0 aliphatic heterocycles. The number of phenols is 2. The molecule has 0 aliphatic rings. The zero-order valence-electron chi connectivity index (χ0n) is 13.8. The van der Waals surface area contributed by atoms with Crippen LogP contribution in [0.3, 0.4) is 0 Å². The molecule has 0 unspecified atom stereocenters. The number of hydrogen-bond donors (Lipinski definition) is 2. The van der Waals surface area contributed by atoms with E-state index in [1.165, 1.54) is 26.4 Å². The first-order chi connectivity index (χ1) is 11.3. The van der Waals surface area contributed by atoms with Crippen molar-refractivity contribution in [2.45, 2.75) is 13.8 Å². The summed E-state index contributed by atoms with van der Waals surface area (Å²) in [5, 5.41) is 20.1. The van der Waals surface area contributed by atoms with Crippen LogP contribution in [0.4, 0.5) is 0 Å². The summed E-state index contributed by atoms with van der Waals surface area (Å²) in [7, 11) is 2.45. The number of aromatic hydroxyl groups is 2. The molecule has 0 bridgehead atoms. The standard InChI is InChI=1S/C18H18O6/c1-9-5-11(7-13(15(9)19)17(21)23-3)12-6-10(2)16(20)14(8-12)18(22)24-4/h5-8,19-20H,1-4H3. The van der Waals surface area contributed by atoms with Crippen molar-refractivity contribution in [1.82, 2.24) is 0 Å². The van der Waals surface area contributed by atoms with Crippen LogP contribution < -0.4 is 0 Å². The Hall–Kier alpha value is -3.02. The molecule has 6 nitrogen and oxygen atoms in total. The molecule has 0 aliphatic carbocycles. The van der Waals surface area contributed by atoms with Gasteiger partial charge >= 0.3 is 11.9 Å². The second kappa shape index (κ2) is 6.62. The summed E-state index contributed by atoms with van der Waals surface area (Å²) >= 11 is 0. The lowest BCUT2D eigenvalue weighted by Crippen LogP contribution is -2.04. The summed E-state index contributed by atoms with van der Waals surface area (Å²) in [4.78, 5) is 23.6. The van der Waals surface area contributed by atoms with Crippen LogP contribution in [-0.4, -0.2) is 36.4 Å². The van der Waals surface area contributed by atoms with Crippen molar-refractivity contribution in [2.75, 3.05) is 14.2 Å². The van der Waals surface area contributed by atoms with Crippen LogP contribution in [-0.2, 0) is 9.47 Å². The Morgan fingerprint density at radius 3 is 1.38 bits per heavy atom. The summed E-state index contributed by atoms with van der Waals surface area (Å²) in [6.07, 6.45) is 0. The number of hydrogen-bond acceptors (Lipinski definition) is 6. The van der Waals surface area contributed by atoms with E-state index in [0.29, 0.717) is 22.3 Å². The number of esters is 2. The van der Waals surface area contributed by atoms with E-state index in [1.54, 1.807) is 26.0 Å². The predicted molar refractivity (Wildman–Crippen MR) is 87.4 cm³/mol. The first kappa shape index (κ1) is 17.3. The van der Waals surface area contributed by atoms with Gasteiger partial charge in [-0.2, -0.15) is 0 Å². The Bertz CT molecular complexity index is 753. The summed E-state index contributed by atoms with van der Waals surface area (Å²) < 4.78 is 9.34. The molecule has 126 valence electrons. The third kappa shape index (κ3) is 3.03. The van der Waals surface area contributed by atoms with E-state index in [9.17, 15) is 19.8 Å². The molecule has 6 heteroatoms. The van der Waals surface area contributed by atoms with Gasteiger partial charge in [-0.25, -0.2) is 9.59 Å². The second-order valence-electron chi connectivity index (χ2n) is 5.36. The zero-order chi connectivity index (χ0) is 18.0. The number of carbonyl (C=O) groups excluding carboxylic acids is 2. The lowest BCUT2D eigenvalue weighted by Gasteiger charge is -2.13. The van der Waals surface area contributed by atoms with Gasteiger partial charge in [-0.05, 0) is 60.4 Å². The molecule has 2 N–H and O–H groups in total. The minimum absolute atomic E-state index is 0.0258. The molecule has 0 amide bonds. The number of aryl methyl sites for hydroxylation is 2. The molecule has 2 aromatic carbocycles. The van der Waals surface area contributed by atoms with Crippen LogP contribution in [0.15, 0.2) is 24.3 Å². The highest BCUT2D eigenvalue weighted by Crippen LogP contribution is 2.34. The highest BCUT2D eigenvalue weighted by Gasteiger charge is 2.19. The third-order valence-electron chi connectivity index (χ3n) is 3.74. The number of rotatable bonds is 3. The van der Waals surface area contributed by atoms with Gasteiger partial charge in [-0.3, -0.25) is 0 Å². The number of benzene rings is 2. The molecule has 0 fully saturated rings. The van der Waals surface area contributed by atoms with Crippen LogP contribution in [0.25, 0.3) is 11.1 Å². The van der Waals surface area contributed by atoms with Crippen molar-refractivity contribution >= 4 is 11.9 Å². The van der Waals surface area contributed by atoms with E-state index in [-0.39, 0.29) is 22.6 Å². The number of ether oxygens (including phenoxy) is 2. The molecule has 0 saturated heterocycles. The van der Waals surface area contributed by atoms with E-state index in [1.807, 2.05) is 0 Å². The number of methoxy groups -OCH3 is 2. The monoisotopic (exact) mass is 330 g/mol. The first-order valence-corrected chi connectivity index (χ1v) is 7.14. The largest absolute Gasteiger partial charge is 0.507 e. The Morgan fingerprint density at radius 2 is 1.08 bits per heavy atom. The molecule has 2 aromatic rings. The average molecular weight is 330 g/mol. The van der Waals surface area contributed by atoms with Crippen LogP contribution in [0.1, 0.15) is 31.8 Å². The van der Waals surface area contributed by atoms with Gasteiger partial charge in [-0.1, -0.05) is 0 Å². The molecular formula is C18H18O6. The van der Waals surface area contributed by atoms with Gasteiger partial charge in [0.2, 0.25) is 0 Å². The molecule has 0 aromatic heterocycles. The van der Waals surface area contributed by atoms with E-state index >= 15 is 0 Å². The van der Waals surface area contributed by atoms with Crippen molar-refractivity contribution in [3.05, 3.63) is 46.5 Å². The van der Waals surface area contributed by atoms with Crippen molar-refractivity contribution in [2.24, 2.45) is 0 Å². The van der Waals surface area contributed by atoms with Crippen LogP contribution in [0, 0.1) is 13.8 Å². The molecule has 0 saturated carbocycles. The second-order valence-corrected chi connectivity index (χ2v) is 5.36. The van der Waals surface area contributed by atoms with Gasteiger partial charge in [0.1, 0.15) is 22.6 Å². The Balaban J connectivity index is 2.68. The van der Waals surface area contributed by atoms with Gasteiger partial charge < -0.3 is 19.7 Å². The molecule has 0 spiro atoms. The van der Waals surface area contributed by atoms with Gasteiger partial charge in [0.15, 0.2) is 0 Å². The van der Waals surface area contributed by atoms with Crippen LogP contribution >= 0.6 is 0 Å². The lowest BCUT2D eigenvalue weighted by molar-refractivity contribution is 0.0587. The molecule has 0 heterocycles. The van der Waals surface area contributed by atoms with Crippen LogP contribution in [0.2, 0.25) is 0 Å². The lowest BCUT2D eigenvalue weighted by atomic mass is 9.95. The van der Waals surface area contributed by atoms with Crippen molar-refractivity contribution in [1.29, 1.82) is 0 Å². The van der Waals surface area contributed by atoms with Crippen molar-refractivity contribution < 1.29 is 29.3 Å². The fourth-order valence-electron chi connectivity index (χ4n) is 2.42. The van der Waals surface area contributed by atoms with Gasteiger partial charge in [-0.15, -0.1) is 0 Å². The van der Waals surface area contributed by atoms with Gasteiger partial charge in [0.25, 0.3) is 0 Å². The quantitative estimate of drug-likeness (QED) is 0.841. The highest BCUT2D eigenvalue weighted by atomic mass is 16.5. The number of phenolic OH excluding ortho intramolecular Hbond substituents is 2. The summed E-state index contributed by atoms with van der Waals surface area (Å²) in [5.74, 6) is -1.65. The smallest absolute Gasteiger partial charge is 0.341 e. The fraction of sp³-hybridized carbons (Fsp3) is 0.222. The van der Waals surface area contributed by atoms with Gasteiger partial charge in [0.05, 0.1) is 14.2 Å². The maximum atomic E-state index is 11.8. The van der Waals surface area contributed by atoms with E-state index in [2.05, 4.69) is 9.47 Å². The average Bonchev–Trinajstić information content (AvgIpc) is 2.57. The van der Waals surface area contributed by atoms with E-state index in [0.717, 1.165) is 0 Å². The van der Waals surface area contributed by atoms with Crippen molar-refractivity contribution in [3.8, 4) is 22.6 Å². The minimum Gasteiger partial charge on any atom is -0.507 e. The molecule has 0 radical (unpaired) electrons. The normalized spacial score (nSPS) is 10.3. The Kier molecular flexibility index (Phi) is 4.78. The van der Waals surface area contributed by atoms with Crippen LogP contribution in [0.5, 0.6) is 11.5 Å². The predicted octanol–water partition coefficient (Wildman–Crippen LogP) is 2.95. The maximum absolute atomic E-state index is 11.8. The maximum Gasteiger partial charge on any atom is 0.341 e. The first-order valence-electron chi connectivity index (χ1n) is 7.14. The molecule has 24 heavy (non-hydrogen) atoms. The SMILES string of the molecule is COC(=O)c1cc(-c2cc(C)c(O)c(C(=O)OC)c2)cc(C)c1O. The Labute approximate surface area is 139 Å². The van der Waals surface area contributed by atoms with E-state index in [4.69, 9.17) is 0 Å². The highest BCUT2D eigenvalue weighted by molar-refractivity contribution is 5.96. The molecular weight excluding hydrogens is 312 g/mol. The van der Waals surface area contributed by atoms with Crippen molar-refractivity contribution in [3.63, 3.8) is 0 Å². The number of carbonyl (C=O) groups is 2. The summed E-state index contributed by atoms with van der Waals surface area (Å²) in [6.45, 7) is 3.31. The zero-order valence-corrected chi connectivity index (χ0v) is 13.8. The fourth-order valence-corrected chi connectivity index (χ4v) is 2.42. The minimum atomic E-state index is -0.666. The molecule has 0 atom stereocenters. The summed E-state index contributed by atoms with van der Waals surface area (Å²) in [5.41, 5.74) is 2.21. The van der Waals surface area contributed by atoms with E-state index < -0.39 is 11.9 Å². The van der Waals surface area contributed by atoms with Gasteiger partial charge in [0, 0.05) is 0 Å². The third-order valence-corrected chi connectivity index (χ3v) is 3.74. The Morgan fingerprint density at radius 1 is 0.750 bits per heavy atom.